The van der Waals surface area contributed by atoms with E-state index in [1.807, 2.05) is 134 Å². The molecule has 10 rings (SSSR count). The van der Waals surface area contributed by atoms with E-state index in [2.05, 4.69) is 109 Å². The molecule has 16 nitrogen and oxygen atoms in total. The zero-order valence-electron chi connectivity index (χ0n) is 55.9. The number of carbonyl (C=O) groups is 4. The van der Waals surface area contributed by atoms with Crippen LogP contribution in [0, 0.1) is 5.92 Å². The molecule has 2 heterocycles. The van der Waals surface area contributed by atoms with E-state index in [9.17, 15) is 19.2 Å². The number of ether oxygens (including phenoxy) is 4. The number of esters is 2. The SMILES string of the molecule is CC(C)(C)OC(=O)[C@H](Cc1ccc(-c2ncc(Br)cn2)cc1)NC(=O)OCc1ccccc1.CCC1CCC(c2ccc(-c3cnc(-c4ccc(C[C@H](NC(=O)OCc5ccccc5)C(=O)OC(C)(C)C)cc4)nc3)cc2)CC1.CCc1ccc(-c2ccc(B(O)O)cc2)cc1. The summed E-state index contributed by atoms with van der Waals surface area (Å²) in [7, 11) is -1.40. The molecule has 2 amide bonds. The fraction of sp³-hybridized carbons (Fsp3) is 0.308. The molecule has 1 aliphatic rings. The summed E-state index contributed by atoms with van der Waals surface area (Å²) in [5, 5.41) is 23.4. The average molecular weight is 1360 g/mol. The third kappa shape index (κ3) is 23.5. The largest absolute Gasteiger partial charge is 0.488 e. The van der Waals surface area contributed by atoms with Crippen molar-refractivity contribution in [2.75, 3.05) is 0 Å². The van der Waals surface area contributed by atoms with Crippen LogP contribution in [0.2, 0.25) is 0 Å². The number of aromatic nitrogens is 4. The maximum Gasteiger partial charge on any atom is 0.488 e. The molecule has 4 N–H and O–H groups in total. The second-order valence-corrected chi connectivity index (χ2v) is 26.6. The zero-order chi connectivity index (χ0) is 68.6. The molecule has 96 heavy (non-hydrogen) atoms. The summed E-state index contributed by atoms with van der Waals surface area (Å²) in [6.07, 6.45) is 13.8. The van der Waals surface area contributed by atoms with Gasteiger partial charge in [0.25, 0.3) is 0 Å². The van der Waals surface area contributed by atoms with Gasteiger partial charge in [0.2, 0.25) is 0 Å². The van der Waals surface area contributed by atoms with Gasteiger partial charge in [0, 0.05) is 54.3 Å². The van der Waals surface area contributed by atoms with Crippen molar-refractivity contribution in [2.24, 2.45) is 5.92 Å². The van der Waals surface area contributed by atoms with Crippen molar-refractivity contribution in [3.05, 3.63) is 245 Å². The lowest BCUT2D eigenvalue weighted by atomic mass is 9.78. The van der Waals surface area contributed by atoms with Crippen LogP contribution in [0.25, 0.3) is 45.0 Å². The molecule has 0 unspecified atom stereocenters. The van der Waals surface area contributed by atoms with Gasteiger partial charge in [-0.1, -0.05) is 202 Å². The Hall–Kier alpha value is -9.36. The summed E-state index contributed by atoms with van der Waals surface area (Å²) in [5.74, 6) is 1.72. The molecule has 498 valence electrons. The number of nitrogens with one attached hydrogen (secondary N) is 2. The molecule has 0 spiro atoms. The fourth-order valence-corrected chi connectivity index (χ4v) is 10.9. The van der Waals surface area contributed by atoms with Crippen LogP contribution in [-0.2, 0) is 61.0 Å². The monoisotopic (exact) mass is 1360 g/mol. The lowest BCUT2D eigenvalue weighted by Gasteiger charge is -2.28. The van der Waals surface area contributed by atoms with E-state index in [-0.39, 0.29) is 26.1 Å². The lowest BCUT2D eigenvalue weighted by Crippen LogP contribution is -2.45. The number of carbonyl (C=O) groups excluding carboxylic acids is 4. The second kappa shape index (κ2) is 35.4. The Morgan fingerprint density at radius 2 is 0.854 bits per heavy atom. The number of hydrogen-bond donors (Lipinski definition) is 4. The van der Waals surface area contributed by atoms with Gasteiger partial charge < -0.3 is 39.6 Å². The molecule has 0 aliphatic heterocycles. The molecular formula is C78H86BBrN6O10. The molecule has 1 aliphatic carbocycles. The van der Waals surface area contributed by atoms with E-state index in [0.717, 1.165) is 72.4 Å². The Bertz CT molecular complexity index is 3870. The molecule has 0 radical (unpaired) electrons. The van der Waals surface area contributed by atoms with Crippen molar-refractivity contribution >= 4 is 52.6 Å². The molecule has 0 saturated heterocycles. The van der Waals surface area contributed by atoms with Crippen LogP contribution in [0.3, 0.4) is 0 Å². The number of hydrogen-bond acceptors (Lipinski definition) is 14. The highest BCUT2D eigenvalue weighted by Crippen LogP contribution is 2.38. The third-order valence-electron chi connectivity index (χ3n) is 16.0. The number of halogens is 1. The maximum atomic E-state index is 13.0. The van der Waals surface area contributed by atoms with E-state index >= 15 is 0 Å². The van der Waals surface area contributed by atoms with Gasteiger partial charge in [0.15, 0.2) is 11.6 Å². The fourth-order valence-electron chi connectivity index (χ4n) is 10.7. The molecule has 1 fully saturated rings. The van der Waals surface area contributed by atoms with Gasteiger partial charge in [-0.3, -0.25) is 0 Å². The summed E-state index contributed by atoms with van der Waals surface area (Å²) in [6.45, 7) is 15.4. The summed E-state index contributed by atoms with van der Waals surface area (Å²) in [6, 6.07) is 56.6. The van der Waals surface area contributed by atoms with Crippen LogP contribution in [-0.4, -0.2) is 84.5 Å². The van der Waals surface area contributed by atoms with E-state index in [4.69, 9.17) is 29.0 Å². The minimum absolute atomic E-state index is 0.104. The van der Waals surface area contributed by atoms with Crippen LogP contribution in [0.15, 0.2) is 211 Å². The quantitative estimate of drug-likeness (QED) is 0.0317. The summed E-state index contributed by atoms with van der Waals surface area (Å²) in [4.78, 5) is 68.7. The Morgan fingerprint density at radius 1 is 0.479 bits per heavy atom. The first-order chi connectivity index (χ1) is 46.1. The van der Waals surface area contributed by atoms with Crippen LogP contribution in [0.4, 0.5) is 9.59 Å². The lowest BCUT2D eigenvalue weighted by molar-refractivity contribution is -0.158. The number of aryl methyl sites for hydroxylation is 1. The van der Waals surface area contributed by atoms with Crippen molar-refractivity contribution in [1.29, 1.82) is 0 Å². The first kappa shape index (κ1) is 72.5. The molecule has 0 bridgehead atoms. The minimum atomic E-state index is -1.40. The molecule has 2 atom stereocenters. The van der Waals surface area contributed by atoms with Gasteiger partial charge in [-0.2, -0.15) is 0 Å². The zero-order valence-corrected chi connectivity index (χ0v) is 57.5. The van der Waals surface area contributed by atoms with Crippen LogP contribution in [0.5, 0.6) is 0 Å². The highest BCUT2D eigenvalue weighted by Gasteiger charge is 2.30. The molecule has 1 saturated carbocycles. The number of rotatable bonds is 20. The van der Waals surface area contributed by atoms with Gasteiger partial charge in [0.05, 0.1) is 4.47 Å². The normalized spacial score (nSPS) is 14.2. The molecule has 2 aromatic heterocycles. The van der Waals surface area contributed by atoms with E-state index in [1.54, 1.807) is 66.1 Å². The number of benzene rings is 7. The van der Waals surface area contributed by atoms with Crippen molar-refractivity contribution in [3.63, 3.8) is 0 Å². The minimum Gasteiger partial charge on any atom is -0.458 e. The number of alkyl carbamates (subject to hydrolysis) is 2. The van der Waals surface area contributed by atoms with Crippen molar-refractivity contribution in [2.45, 2.75) is 149 Å². The van der Waals surface area contributed by atoms with Crippen LogP contribution < -0.4 is 16.1 Å². The average Bonchev–Trinajstić information content (AvgIpc) is 1.52. The summed E-state index contributed by atoms with van der Waals surface area (Å²) < 4.78 is 22.5. The predicted molar refractivity (Wildman–Crippen MR) is 380 cm³/mol. The van der Waals surface area contributed by atoms with E-state index in [0.29, 0.717) is 23.0 Å². The molecule has 7 aromatic carbocycles. The van der Waals surface area contributed by atoms with E-state index in [1.165, 1.54) is 43.2 Å². The Labute approximate surface area is 573 Å². The van der Waals surface area contributed by atoms with Gasteiger partial charge in [0.1, 0.15) is 36.5 Å². The summed E-state index contributed by atoms with van der Waals surface area (Å²) >= 11 is 3.32. The summed E-state index contributed by atoms with van der Waals surface area (Å²) in [5.41, 5.74) is 11.3. The Morgan fingerprint density at radius 3 is 1.25 bits per heavy atom. The topological polar surface area (TPSA) is 221 Å². The third-order valence-corrected chi connectivity index (χ3v) is 16.4. The number of nitrogens with zero attached hydrogens (tertiary/aromatic N) is 4. The smallest absolute Gasteiger partial charge is 0.458 e. The van der Waals surface area contributed by atoms with E-state index < -0.39 is 54.5 Å². The standard InChI is InChI=1S/C39H45N3O4.C25H26BrN3O4.C14H15BO2/c1-5-27-11-15-30(16-12-27)31-19-21-32(22-20-31)34-24-40-36(41-25-34)33-17-13-28(14-18-33)23-35(37(43)46-39(2,3)4)42-38(44)45-26-29-9-7-6-8-10-29;1-25(2,3)33-23(30)21(29-24(31)32-16-18-7-5-4-6-8-18)13-17-9-11-19(12-10-17)22-27-14-20(26)15-28-22;1-2-11-3-5-12(6-4-11)13-7-9-14(10-8-13)15(16)17/h6-10,13-14,17-22,24-25,27,30,35H,5,11-12,15-16,23,26H2,1-4H3,(H,42,44);4-12,14-15,21H,13,16H2,1-3H3,(H,29,31);3-10,16-17H,2H2,1H3/t27?,30?,35-;21-;/m00./s1. The Balaban J connectivity index is 0.000000204. The number of amides is 2. The first-order valence-electron chi connectivity index (χ1n) is 32.6. The molecule has 18 heteroatoms. The van der Waals surface area contributed by atoms with Gasteiger partial charge in [-0.05, 0) is 157 Å². The molecular weight excluding hydrogens is 1270 g/mol. The van der Waals surface area contributed by atoms with Gasteiger partial charge in [-0.25, -0.2) is 39.1 Å². The van der Waals surface area contributed by atoms with Gasteiger partial charge >= 0.3 is 31.2 Å². The second-order valence-electron chi connectivity index (χ2n) is 25.7. The highest BCUT2D eigenvalue weighted by atomic mass is 79.9. The molecule has 9 aromatic rings. The maximum absolute atomic E-state index is 13.0. The van der Waals surface area contributed by atoms with Crippen molar-refractivity contribution < 1.29 is 48.2 Å². The first-order valence-corrected chi connectivity index (χ1v) is 33.4. The highest BCUT2D eigenvalue weighted by molar-refractivity contribution is 9.10. The predicted octanol–water partition coefficient (Wildman–Crippen LogP) is 15.4. The van der Waals surface area contributed by atoms with Crippen molar-refractivity contribution in [3.8, 4) is 45.0 Å². The van der Waals surface area contributed by atoms with Crippen LogP contribution in [0.1, 0.15) is 127 Å². The Kier molecular flexibility index (Phi) is 26.7. The van der Waals surface area contributed by atoms with Gasteiger partial charge in [-0.15, -0.1) is 0 Å². The van der Waals surface area contributed by atoms with Crippen LogP contribution >= 0.6 is 15.9 Å². The van der Waals surface area contributed by atoms with Crippen molar-refractivity contribution in [1.82, 2.24) is 30.6 Å².